The molecule has 2 saturated carbocycles. The van der Waals surface area contributed by atoms with Crippen molar-refractivity contribution in [2.45, 2.75) is 405 Å². The standard InChI is InChI=1S/C21H35N3O3.C18H30N2O4.C16H26N2O4.C10H15NO3.C8H15NO2.C5H11N.4C3H8O.ClH.Li.H2O.Ti/c1-3-27-20(26)24-16-5-6-17(24)14-18(13-16)23-11-7-15(8-12-23)19(25)22-21(2)9-4-10-21;1-3-23-17(21)13-7-9-19(10-8-13)16-11-14-5-6-15(12-16)20(14)18(22)24-4-2;1-2-22-16(21)18-12-3-4-13(18)10-14(9-12)17-7-5-11(6-8-17)15(19)20;1-2-14-10(13)11-7-3-4-8(11)6-9(12)5-7;1-2-11-8(10)7-3-5-9-6-4-7;1-5(6)3-2-4-5;4*1-3(2)4;;;;/h15-18H,3-14H2,1-2H3,(H,22,25);13-16H,3-12H2,1-2H3;11-14H,2-10H2,1H3,(H,19,20);7-8H,2-6H2,1H3;7,9H,2-6H2,1H3;2-4,6H2,1H3;4*3-4H,1-2H3;1H;;1H2;/q;;;;;;;;;;;+1;;/p-1. The normalized spacial score (nSPS) is 26.9. The molecule has 8 atom stereocenters. The zero-order valence-electron chi connectivity index (χ0n) is 79.0. The molecule has 14 aliphatic rings. The summed E-state index contributed by atoms with van der Waals surface area (Å²) >= 11 is 0. The predicted octanol–water partition coefficient (Wildman–Crippen LogP) is 8.83. The molecule has 0 aromatic heterocycles. The number of fused-ring (bicyclic) bond motifs is 8. The molecule has 34 heteroatoms. The van der Waals surface area contributed by atoms with Crippen molar-refractivity contribution in [1.29, 1.82) is 0 Å². The third-order valence-corrected chi connectivity index (χ3v) is 25.4. The number of Topliss-reactive ketones (excluding diaryl/α,β-unsaturated/α-hetero) is 1. The Balaban J connectivity index is 0.000000737. The van der Waals surface area contributed by atoms with E-state index in [4.69, 9.17) is 59.7 Å². The molecule has 10 N–H and O–H groups in total. The van der Waals surface area contributed by atoms with Gasteiger partial charge >= 0.3 is 61.1 Å². The van der Waals surface area contributed by atoms with Crippen molar-refractivity contribution in [3.05, 3.63) is 0 Å². The minimum atomic E-state index is -0.656. The number of likely N-dealkylation sites (tertiary alicyclic amines) is 3. The van der Waals surface area contributed by atoms with Gasteiger partial charge in [0.05, 0.1) is 57.4 Å². The van der Waals surface area contributed by atoms with Gasteiger partial charge in [-0.2, -0.15) is 0 Å². The van der Waals surface area contributed by atoms with Gasteiger partial charge in [0.25, 0.3) is 0 Å². The molecule has 0 aromatic carbocycles. The maximum Gasteiger partial charge on any atom is 1.00 e. The number of piperidine rings is 8. The number of carboxylic acid groups (broad SMARTS) is 1. The molecule has 8 unspecified atom stereocenters. The fourth-order valence-corrected chi connectivity index (χ4v) is 19.4. The van der Waals surface area contributed by atoms with Crippen LogP contribution in [0, 0.1) is 23.7 Å². The van der Waals surface area contributed by atoms with Crippen LogP contribution in [0.25, 0.3) is 0 Å². The van der Waals surface area contributed by atoms with E-state index in [-0.39, 0.29) is 178 Å². The van der Waals surface area contributed by atoms with Crippen LogP contribution in [0.4, 0.5) is 19.2 Å². The van der Waals surface area contributed by atoms with Crippen LogP contribution in [0.5, 0.6) is 0 Å². The number of aliphatic hydroxyl groups is 4. The largest absolute Gasteiger partial charge is 1.00 e. The Labute approximate surface area is 776 Å². The van der Waals surface area contributed by atoms with Crippen LogP contribution >= 0.6 is 12.4 Å². The molecule has 5 amide bonds. The Kier molecular flexibility index (Phi) is 57.7. The van der Waals surface area contributed by atoms with Crippen LogP contribution in [0.2, 0.25) is 0 Å². The predicted molar refractivity (Wildman–Crippen MR) is 471 cm³/mol. The van der Waals surface area contributed by atoms with Gasteiger partial charge in [0.2, 0.25) is 5.91 Å². The first-order valence-corrected chi connectivity index (χ1v) is 46.6. The van der Waals surface area contributed by atoms with E-state index in [1.54, 1.807) is 67.2 Å². The number of hydrogen-bond donors (Lipinski definition) is 8. The van der Waals surface area contributed by atoms with Gasteiger partial charge in [0.1, 0.15) is 5.78 Å². The fraction of sp³-hybridized carbons (Fsp3) is 0.900. The second-order valence-electron chi connectivity index (χ2n) is 36.9. The molecule has 124 heavy (non-hydrogen) atoms. The number of nitrogens with zero attached hydrogens (tertiary/aromatic N) is 7. The van der Waals surface area contributed by atoms with Crippen LogP contribution < -0.4 is 35.2 Å². The van der Waals surface area contributed by atoms with Gasteiger partial charge in [-0.15, -0.1) is 12.4 Å². The SMILES string of the molecule is CC(C)O.CC(C)O.CC(C)O.CC(C)O.CC1(N)CCC1.CCOC(=O)C1CCN(C2CC3CCC(C2)N3C(=O)OCC)CC1.CCOC(=O)C1CCNCC1.CCOC(=O)N1C2CCC1CC(=O)C2.CCOC(=O)N1C2CCC1CC(N1CCC(C(=O)NC3(C)CCC3)CC1)C2.CCOC(=O)N1C2CCC1CC(N1CCC(C(=O)O)CC1)C2.Cl.[Li+].[OH-].[Ti]. The van der Waals surface area contributed by atoms with E-state index in [9.17, 15) is 43.2 Å². The molecule has 12 heterocycles. The first-order chi connectivity index (χ1) is 56.9. The van der Waals surface area contributed by atoms with Gasteiger partial charge in [0, 0.05) is 142 Å². The summed E-state index contributed by atoms with van der Waals surface area (Å²) in [5.74, 6) is 0.0728. The number of carbonyl (C=O) groups excluding carboxylic acids is 8. The topological polar surface area (TPSA) is 413 Å². The summed E-state index contributed by atoms with van der Waals surface area (Å²) in [7, 11) is 0. The van der Waals surface area contributed by atoms with Crippen molar-refractivity contribution in [3.8, 4) is 0 Å². The van der Waals surface area contributed by atoms with Gasteiger partial charge in [-0.25, -0.2) is 19.2 Å². The number of carbonyl (C=O) groups is 9. The number of aliphatic hydroxyl groups excluding tert-OH is 4. The van der Waals surface area contributed by atoms with Crippen LogP contribution in [-0.2, 0) is 74.1 Å². The van der Waals surface area contributed by atoms with Crippen LogP contribution in [0.1, 0.15) is 303 Å². The van der Waals surface area contributed by atoms with Gasteiger partial charge in [0.15, 0.2) is 0 Å². The average molecular weight is 1810 g/mol. The van der Waals surface area contributed by atoms with Crippen molar-refractivity contribution in [1.82, 2.24) is 44.9 Å². The monoisotopic (exact) mass is 1810 g/mol. The number of carboxylic acids is 1. The van der Waals surface area contributed by atoms with Crippen molar-refractivity contribution < 1.29 is 143 Å². The second-order valence-corrected chi connectivity index (χ2v) is 36.9. The maximum absolute atomic E-state index is 12.6. The van der Waals surface area contributed by atoms with Gasteiger partial charge in [-0.3, -0.25) is 24.0 Å². The molecular weight excluding hydrogens is 1650 g/mol. The number of rotatable bonds is 14. The van der Waals surface area contributed by atoms with E-state index < -0.39 is 5.97 Å². The number of nitrogens with one attached hydrogen (secondary N) is 2. The zero-order valence-corrected chi connectivity index (χ0v) is 81.4. The molecule has 714 valence electrons. The molecule has 0 spiro atoms. The minimum Gasteiger partial charge on any atom is -0.870 e. The maximum atomic E-state index is 12.6. The summed E-state index contributed by atoms with van der Waals surface area (Å²) in [6, 6.07) is 3.77. The fourth-order valence-electron chi connectivity index (χ4n) is 19.4. The van der Waals surface area contributed by atoms with E-state index in [0.717, 1.165) is 206 Å². The van der Waals surface area contributed by atoms with Gasteiger partial charge in [-0.05, 0) is 343 Å². The molecule has 31 nitrogen and oxygen atoms in total. The number of ether oxygens (including phenoxy) is 6. The molecule has 14 fully saturated rings. The Bertz CT molecular complexity index is 2950. The van der Waals surface area contributed by atoms with Crippen LogP contribution in [0.3, 0.4) is 0 Å². The first kappa shape index (κ1) is 118. The Hall–Kier alpha value is -4.17. The van der Waals surface area contributed by atoms with Gasteiger partial charge in [-0.1, -0.05) is 0 Å². The van der Waals surface area contributed by atoms with E-state index in [2.05, 4.69) is 39.2 Å². The first-order valence-electron chi connectivity index (χ1n) is 46.6. The van der Waals surface area contributed by atoms with Crippen molar-refractivity contribution in [3.63, 3.8) is 0 Å². The third-order valence-electron chi connectivity index (χ3n) is 25.4. The van der Waals surface area contributed by atoms with Crippen molar-refractivity contribution in [2.24, 2.45) is 29.4 Å². The van der Waals surface area contributed by atoms with Crippen LogP contribution in [0.15, 0.2) is 0 Å². The number of amides is 5. The van der Waals surface area contributed by atoms with E-state index >= 15 is 0 Å². The number of hydrogen-bond acceptors (Lipinski definition) is 25. The average Bonchev–Trinajstić information content (AvgIpc) is 1.62. The Morgan fingerprint density at radius 3 is 0.871 bits per heavy atom. The smallest absolute Gasteiger partial charge is 0.870 e. The third kappa shape index (κ3) is 39.9. The summed E-state index contributed by atoms with van der Waals surface area (Å²) in [6.45, 7) is 39.5. The molecule has 0 aromatic rings. The molecule has 0 radical (unpaired) electrons. The minimum absolute atomic E-state index is 0. The summed E-state index contributed by atoms with van der Waals surface area (Å²) in [5, 5.41) is 47.8. The second kappa shape index (κ2) is 60.7. The number of esters is 2. The Morgan fingerprint density at radius 1 is 0.403 bits per heavy atom. The zero-order chi connectivity index (χ0) is 89.0. The Morgan fingerprint density at radius 2 is 0.637 bits per heavy atom. The number of nitrogens with two attached hydrogens (primary N) is 1. The molecule has 8 bridgehead atoms. The molecule has 14 rings (SSSR count). The number of halogens is 1. The van der Waals surface area contributed by atoms with Crippen molar-refractivity contribution in [2.75, 3.05) is 92.0 Å². The summed E-state index contributed by atoms with van der Waals surface area (Å²) in [6.07, 6.45) is 28.8. The van der Waals surface area contributed by atoms with E-state index in [1.807, 2.05) is 49.3 Å². The quantitative estimate of drug-likeness (QED) is 0.0457. The van der Waals surface area contributed by atoms with Crippen molar-refractivity contribution >= 4 is 66.4 Å². The molecule has 12 saturated heterocycles. The molecule has 2 aliphatic carbocycles. The molecular formula is C90H166ClLiN10O21Ti. The van der Waals surface area contributed by atoms with E-state index in [0.29, 0.717) is 107 Å². The number of aliphatic carboxylic acids is 1. The molecule has 12 aliphatic heterocycles. The van der Waals surface area contributed by atoms with Crippen LogP contribution in [-0.4, -0.2) is 313 Å². The number of ketones is 1. The summed E-state index contributed by atoms with van der Waals surface area (Å²) in [4.78, 5) is 121. The summed E-state index contributed by atoms with van der Waals surface area (Å²) < 4.78 is 30.7. The summed E-state index contributed by atoms with van der Waals surface area (Å²) in [5.41, 5.74) is 5.91. The van der Waals surface area contributed by atoms with E-state index in [1.165, 1.54) is 25.7 Å². The van der Waals surface area contributed by atoms with Gasteiger partial charge < -0.3 is 110 Å².